The van der Waals surface area contributed by atoms with E-state index in [1.807, 2.05) is 6.07 Å². The third kappa shape index (κ3) is 1.79. The van der Waals surface area contributed by atoms with Gasteiger partial charge in [0.25, 0.3) is 0 Å². The second-order valence-corrected chi connectivity index (χ2v) is 6.29. The van der Waals surface area contributed by atoms with Crippen LogP contribution in [0.1, 0.15) is 42.9 Å². The van der Waals surface area contributed by atoms with Crippen molar-refractivity contribution in [2.45, 2.75) is 38.1 Å². The summed E-state index contributed by atoms with van der Waals surface area (Å²) in [5, 5.41) is 8.42. The van der Waals surface area contributed by atoms with Gasteiger partial charge >= 0.3 is 0 Å². The monoisotopic (exact) mass is 298 g/mol. The zero-order valence-corrected chi connectivity index (χ0v) is 13.2. The van der Waals surface area contributed by atoms with Gasteiger partial charge in [-0.3, -0.25) is 0 Å². The van der Waals surface area contributed by atoms with Crippen LogP contribution >= 0.6 is 0 Å². The summed E-state index contributed by atoms with van der Waals surface area (Å²) in [6.45, 7) is 1.02. The molecule has 4 rings (SSSR count). The first-order chi connectivity index (χ1) is 10.7. The van der Waals surface area contributed by atoms with Gasteiger partial charge in [0.15, 0.2) is 11.5 Å². The van der Waals surface area contributed by atoms with Gasteiger partial charge in [0.1, 0.15) is 0 Å². The number of fused-ring (bicyclic) bond motifs is 4. The molecule has 0 bridgehead atoms. The van der Waals surface area contributed by atoms with Crippen molar-refractivity contribution in [1.82, 2.24) is 4.90 Å². The van der Waals surface area contributed by atoms with Crippen LogP contribution in [0.5, 0.6) is 11.5 Å². The van der Waals surface area contributed by atoms with E-state index in [1.54, 1.807) is 14.2 Å². The Morgan fingerprint density at radius 1 is 1.14 bits per heavy atom. The zero-order valence-electron chi connectivity index (χ0n) is 13.2. The van der Waals surface area contributed by atoms with Crippen molar-refractivity contribution in [2.75, 3.05) is 20.8 Å². The van der Waals surface area contributed by atoms with Gasteiger partial charge in [0.05, 0.1) is 20.3 Å². The molecule has 116 valence electrons. The summed E-state index contributed by atoms with van der Waals surface area (Å²) in [5.74, 6) is 1.68. The fourth-order valence-corrected chi connectivity index (χ4v) is 4.36. The zero-order chi connectivity index (χ0) is 15.3. The summed E-state index contributed by atoms with van der Waals surface area (Å²) in [6.07, 6.45) is 5.24. The highest BCUT2D eigenvalue weighted by atomic mass is 16.5. The van der Waals surface area contributed by atoms with Gasteiger partial charge in [-0.2, -0.15) is 0 Å². The lowest BCUT2D eigenvalue weighted by Crippen LogP contribution is -2.39. The van der Waals surface area contributed by atoms with Crippen molar-refractivity contribution in [3.05, 3.63) is 34.5 Å². The normalized spacial score (nSPS) is 23.1. The van der Waals surface area contributed by atoms with Gasteiger partial charge in [-0.1, -0.05) is 6.07 Å². The SMILES string of the molecule is COc1ccc2c(c1OC)CCN1C3=C(CCC3)C(=N)CC21. The molecule has 0 saturated heterocycles. The van der Waals surface area contributed by atoms with E-state index >= 15 is 0 Å². The van der Waals surface area contributed by atoms with Crippen LogP contribution in [-0.2, 0) is 6.42 Å². The first-order valence-electron chi connectivity index (χ1n) is 8.04. The molecule has 1 aromatic carbocycles. The van der Waals surface area contributed by atoms with E-state index in [2.05, 4.69) is 11.0 Å². The van der Waals surface area contributed by atoms with E-state index in [0.29, 0.717) is 6.04 Å². The second kappa shape index (κ2) is 5.04. The molecule has 0 aromatic heterocycles. The van der Waals surface area contributed by atoms with Crippen molar-refractivity contribution < 1.29 is 9.47 Å². The predicted molar refractivity (Wildman–Crippen MR) is 85.9 cm³/mol. The average molecular weight is 298 g/mol. The quantitative estimate of drug-likeness (QED) is 0.909. The minimum absolute atomic E-state index is 0.299. The standard InChI is InChI=1S/C18H22N2O2/c1-21-17-7-6-11-12(18(17)22-2)8-9-20-15-5-3-4-13(15)14(19)10-16(11)20/h6-7,16,19H,3-5,8-10H2,1-2H3. The van der Waals surface area contributed by atoms with E-state index in [4.69, 9.17) is 14.9 Å². The summed E-state index contributed by atoms with van der Waals surface area (Å²) in [6, 6.07) is 4.47. The number of benzene rings is 1. The Hall–Kier alpha value is -1.97. The molecule has 0 spiro atoms. The van der Waals surface area contributed by atoms with Gasteiger partial charge in [-0.15, -0.1) is 0 Å². The Bertz CT molecular complexity index is 678. The Morgan fingerprint density at radius 3 is 2.77 bits per heavy atom. The first-order valence-corrected chi connectivity index (χ1v) is 8.04. The summed E-state index contributed by atoms with van der Waals surface area (Å²) >= 11 is 0. The molecule has 3 aliphatic rings. The van der Waals surface area contributed by atoms with Crippen molar-refractivity contribution in [3.8, 4) is 11.5 Å². The van der Waals surface area contributed by atoms with Gasteiger partial charge in [-0.25, -0.2) is 0 Å². The third-order valence-electron chi connectivity index (χ3n) is 5.32. The number of hydrogen-bond donors (Lipinski definition) is 1. The van der Waals surface area contributed by atoms with Crippen LogP contribution < -0.4 is 9.47 Å². The maximum absolute atomic E-state index is 8.42. The number of methoxy groups -OCH3 is 2. The van der Waals surface area contributed by atoms with Crippen LogP contribution in [0.25, 0.3) is 0 Å². The van der Waals surface area contributed by atoms with E-state index in [0.717, 1.165) is 49.4 Å². The second-order valence-electron chi connectivity index (χ2n) is 6.29. The molecule has 1 aromatic rings. The van der Waals surface area contributed by atoms with E-state index in [9.17, 15) is 0 Å². The molecule has 0 amide bonds. The van der Waals surface area contributed by atoms with Crippen LogP contribution in [0.15, 0.2) is 23.4 Å². The Kier molecular flexibility index (Phi) is 3.13. The Labute approximate surface area is 131 Å². The minimum atomic E-state index is 0.299. The molecule has 1 aliphatic carbocycles. The minimum Gasteiger partial charge on any atom is -0.493 e. The van der Waals surface area contributed by atoms with Crippen LogP contribution in [-0.4, -0.2) is 31.4 Å². The molecule has 4 heteroatoms. The van der Waals surface area contributed by atoms with Gasteiger partial charge in [0, 0.05) is 29.9 Å². The molecule has 22 heavy (non-hydrogen) atoms. The molecule has 1 unspecified atom stereocenters. The lowest BCUT2D eigenvalue weighted by atomic mass is 9.84. The fraction of sp³-hybridized carbons (Fsp3) is 0.500. The number of ether oxygens (including phenoxy) is 2. The summed E-state index contributed by atoms with van der Waals surface area (Å²) in [5.41, 5.74) is 6.17. The van der Waals surface area contributed by atoms with Gasteiger partial charge in [0.2, 0.25) is 0 Å². The maximum Gasteiger partial charge on any atom is 0.164 e. The number of allylic oxidation sites excluding steroid dienone is 2. The number of nitrogens with zero attached hydrogens (tertiary/aromatic N) is 1. The van der Waals surface area contributed by atoms with Gasteiger partial charge in [-0.05, 0) is 42.9 Å². The van der Waals surface area contributed by atoms with Crippen LogP contribution in [0.2, 0.25) is 0 Å². The van der Waals surface area contributed by atoms with E-state index < -0.39 is 0 Å². The molecule has 1 atom stereocenters. The number of rotatable bonds is 2. The van der Waals surface area contributed by atoms with Crippen LogP contribution in [0.3, 0.4) is 0 Å². The van der Waals surface area contributed by atoms with E-state index in [1.165, 1.54) is 28.8 Å². The highest BCUT2D eigenvalue weighted by molar-refractivity contribution is 6.00. The van der Waals surface area contributed by atoms with Crippen molar-refractivity contribution in [1.29, 1.82) is 5.41 Å². The first kappa shape index (κ1) is 13.7. The highest BCUT2D eigenvalue weighted by Crippen LogP contribution is 2.48. The molecule has 2 aliphatic heterocycles. The predicted octanol–water partition coefficient (Wildman–Crippen LogP) is 3.46. The number of hydrogen-bond acceptors (Lipinski definition) is 4. The smallest absolute Gasteiger partial charge is 0.164 e. The largest absolute Gasteiger partial charge is 0.493 e. The summed E-state index contributed by atoms with van der Waals surface area (Å²) in [7, 11) is 3.40. The van der Waals surface area contributed by atoms with Crippen molar-refractivity contribution >= 4 is 5.71 Å². The summed E-state index contributed by atoms with van der Waals surface area (Å²) in [4.78, 5) is 2.55. The molecule has 2 heterocycles. The van der Waals surface area contributed by atoms with Crippen LogP contribution in [0, 0.1) is 5.41 Å². The molecule has 0 saturated carbocycles. The molecular formula is C18H22N2O2. The third-order valence-corrected chi connectivity index (χ3v) is 5.32. The molecule has 0 radical (unpaired) electrons. The average Bonchev–Trinajstić information content (AvgIpc) is 3.04. The molecule has 4 nitrogen and oxygen atoms in total. The molecule has 0 fully saturated rings. The van der Waals surface area contributed by atoms with Crippen molar-refractivity contribution in [2.24, 2.45) is 0 Å². The van der Waals surface area contributed by atoms with Crippen LogP contribution in [0.4, 0.5) is 0 Å². The topological polar surface area (TPSA) is 45.6 Å². The summed E-state index contributed by atoms with van der Waals surface area (Å²) < 4.78 is 11.1. The fourth-order valence-electron chi connectivity index (χ4n) is 4.36. The maximum atomic E-state index is 8.42. The van der Waals surface area contributed by atoms with Gasteiger partial charge < -0.3 is 19.8 Å². The lowest BCUT2D eigenvalue weighted by Gasteiger charge is -2.44. The molecular weight excluding hydrogens is 276 g/mol. The molecule has 1 N–H and O–H groups in total. The lowest BCUT2D eigenvalue weighted by molar-refractivity contribution is 0.229. The Balaban J connectivity index is 1.81. The van der Waals surface area contributed by atoms with E-state index in [-0.39, 0.29) is 0 Å². The number of nitrogens with one attached hydrogen (secondary N) is 1. The van der Waals surface area contributed by atoms with Crippen molar-refractivity contribution in [3.63, 3.8) is 0 Å². The Morgan fingerprint density at radius 2 is 2.00 bits per heavy atom. The highest BCUT2D eigenvalue weighted by Gasteiger charge is 2.38.